The fourth-order valence-corrected chi connectivity index (χ4v) is 1.02. The zero-order valence-corrected chi connectivity index (χ0v) is 7.70. The maximum Gasteiger partial charge on any atom is 0.0910 e. The van der Waals surface area contributed by atoms with E-state index in [1.54, 1.807) is 6.92 Å². The Hall–Kier alpha value is -1.32. The first-order valence-corrected chi connectivity index (χ1v) is 3.85. The molecule has 1 aromatic heterocycles. The molecule has 0 fully saturated rings. The molecule has 1 heterocycles. The fraction of sp³-hybridized carbons (Fsp3) is 0.500. The monoisotopic (exact) mass is 166 g/mol. The number of nitrogens with zero attached hydrogens (tertiary/aromatic N) is 3. The Morgan fingerprint density at radius 2 is 2.42 bits per heavy atom. The molecule has 0 aliphatic carbocycles. The van der Waals surface area contributed by atoms with Gasteiger partial charge in [0, 0.05) is 7.05 Å². The van der Waals surface area contributed by atoms with Crippen LogP contribution in [-0.2, 0) is 13.6 Å². The van der Waals surface area contributed by atoms with Gasteiger partial charge in [0.15, 0.2) is 0 Å². The summed E-state index contributed by atoms with van der Waals surface area (Å²) in [5.74, 6) is 0.605. The number of amidine groups is 1. The van der Waals surface area contributed by atoms with Crippen molar-refractivity contribution in [2.24, 2.45) is 17.8 Å². The molecule has 1 aromatic rings. The number of aliphatic imine (C=N–C) groups is 1. The highest BCUT2D eigenvalue weighted by Gasteiger charge is 1.99. The molecular formula is C8H14N4. The lowest BCUT2D eigenvalue weighted by molar-refractivity contribution is 0.706. The van der Waals surface area contributed by atoms with Crippen LogP contribution in [0.15, 0.2) is 11.1 Å². The van der Waals surface area contributed by atoms with Crippen molar-refractivity contribution in [3.05, 3.63) is 17.5 Å². The summed E-state index contributed by atoms with van der Waals surface area (Å²) in [5, 5.41) is 4.20. The molecule has 2 N–H and O–H groups in total. The third kappa shape index (κ3) is 2.08. The third-order valence-corrected chi connectivity index (χ3v) is 1.59. The summed E-state index contributed by atoms with van der Waals surface area (Å²) in [5.41, 5.74) is 7.51. The smallest absolute Gasteiger partial charge is 0.0910 e. The molecule has 4 nitrogen and oxygen atoms in total. The van der Waals surface area contributed by atoms with Gasteiger partial charge in [-0.25, -0.2) is 0 Å². The van der Waals surface area contributed by atoms with E-state index >= 15 is 0 Å². The molecule has 0 aliphatic rings. The van der Waals surface area contributed by atoms with E-state index in [-0.39, 0.29) is 0 Å². The van der Waals surface area contributed by atoms with Gasteiger partial charge < -0.3 is 5.73 Å². The number of aromatic nitrogens is 2. The van der Waals surface area contributed by atoms with Crippen molar-refractivity contribution in [1.82, 2.24) is 9.78 Å². The summed E-state index contributed by atoms with van der Waals surface area (Å²) < 4.78 is 1.82. The molecule has 0 aliphatic heterocycles. The van der Waals surface area contributed by atoms with Crippen LogP contribution in [0, 0.1) is 6.92 Å². The molecule has 0 radical (unpaired) electrons. The number of aryl methyl sites for hydroxylation is 2. The van der Waals surface area contributed by atoms with Gasteiger partial charge in [-0.3, -0.25) is 9.67 Å². The largest absolute Gasteiger partial charge is 0.388 e. The Kier molecular flexibility index (Phi) is 2.47. The Bertz CT molecular complexity index is 294. The molecule has 0 saturated carbocycles. The van der Waals surface area contributed by atoms with E-state index in [4.69, 9.17) is 5.73 Å². The summed E-state index contributed by atoms with van der Waals surface area (Å²) in [7, 11) is 1.91. The molecule has 0 aromatic carbocycles. The molecule has 0 amide bonds. The molecule has 1 rings (SSSR count). The van der Waals surface area contributed by atoms with Crippen LogP contribution in [0.3, 0.4) is 0 Å². The van der Waals surface area contributed by atoms with Crippen LogP contribution in [0.4, 0.5) is 0 Å². The molecular weight excluding hydrogens is 152 g/mol. The van der Waals surface area contributed by atoms with Crippen molar-refractivity contribution in [2.75, 3.05) is 0 Å². The predicted molar refractivity (Wildman–Crippen MR) is 48.9 cm³/mol. The first kappa shape index (κ1) is 8.77. The number of nitrogens with two attached hydrogens (primary N) is 1. The van der Waals surface area contributed by atoms with Gasteiger partial charge in [-0.05, 0) is 19.9 Å². The second-order valence-electron chi connectivity index (χ2n) is 2.86. The maximum absolute atomic E-state index is 5.42. The van der Waals surface area contributed by atoms with Crippen LogP contribution < -0.4 is 5.73 Å². The van der Waals surface area contributed by atoms with Gasteiger partial charge in [0.1, 0.15) is 0 Å². The standard InChI is InChI=1S/C8H14N4/c1-6-4-8(12(3)11-6)5-10-7(2)9/h4H,5H2,1-3H3,(H2,9,10). The molecule has 12 heavy (non-hydrogen) atoms. The summed E-state index contributed by atoms with van der Waals surface area (Å²) in [6, 6.07) is 2.01. The Morgan fingerprint density at radius 1 is 1.75 bits per heavy atom. The van der Waals surface area contributed by atoms with E-state index in [2.05, 4.69) is 10.1 Å². The topological polar surface area (TPSA) is 56.2 Å². The normalized spacial score (nSPS) is 12.1. The van der Waals surface area contributed by atoms with Gasteiger partial charge >= 0.3 is 0 Å². The Balaban J connectivity index is 2.75. The van der Waals surface area contributed by atoms with Gasteiger partial charge in [-0.15, -0.1) is 0 Å². The van der Waals surface area contributed by atoms with Crippen LogP contribution in [0.25, 0.3) is 0 Å². The van der Waals surface area contributed by atoms with E-state index in [1.165, 1.54) is 0 Å². The highest BCUT2D eigenvalue weighted by molar-refractivity contribution is 5.77. The first-order chi connectivity index (χ1) is 5.59. The van der Waals surface area contributed by atoms with Crippen LogP contribution in [0.2, 0.25) is 0 Å². The van der Waals surface area contributed by atoms with Crippen LogP contribution in [0.1, 0.15) is 18.3 Å². The maximum atomic E-state index is 5.42. The molecule has 0 spiro atoms. The third-order valence-electron chi connectivity index (χ3n) is 1.59. The zero-order chi connectivity index (χ0) is 9.14. The second-order valence-corrected chi connectivity index (χ2v) is 2.86. The van der Waals surface area contributed by atoms with Crippen molar-refractivity contribution in [3.63, 3.8) is 0 Å². The van der Waals surface area contributed by atoms with Crippen molar-refractivity contribution in [1.29, 1.82) is 0 Å². The summed E-state index contributed by atoms with van der Waals surface area (Å²) in [4.78, 5) is 4.10. The lowest BCUT2D eigenvalue weighted by atomic mass is 10.4. The van der Waals surface area contributed by atoms with Crippen molar-refractivity contribution < 1.29 is 0 Å². The van der Waals surface area contributed by atoms with Crippen LogP contribution in [0.5, 0.6) is 0 Å². The van der Waals surface area contributed by atoms with E-state index in [0.717, 1.165) is 11.4 Å². The minimum Gasteiger partial charge on any atom is -0.388 e. The van der Waals surface area contributed by atoms with Gasteiger partial charge in [-0.1, -0.05) is 0 Å². The van der Waals surface area contributed by atoms with Crippen molar-refractivity contribution >= 4 is 5.84 Å². The average molecular weight is 166 g/mol. The van der Waals surface area contributed by atoms with E-state index < -0.39 is 0 Å². The molecule has 4 heteroatoms. The minimum atomic E-state index is 0.605. The summed E-state index contributed by atoms with van der Waals surface area (Å²) in [6.45, 7) is 4.35. The number of hydrogen-bond donors (Lipinski definition) is 1. The number of hydrogen-bond acceptors (Lipinski definition) is 2. The molecule has 0 saturated heterocycles. The van der Waals surface area contributed by atoms with Gasteiger partial charge in [0.2, 0.25) is 0 Å². The average Bonchev–Trinajstić information content (AvgIpc) is 2.26. The zero-order valence-electron chi connectivity index (χ0n) is 7.70. The first-order valence-electron chi connectivity index (χ1n) is 3.85. The lowest BCUT2D eigenvalue weighted by Gasteiger charge is -1.96. The molecule has 0 unspecified atom stereocenters. The van der Waals surface area contributed by atoms with Crippen molar-refractivity contribution in [2.45, 2.75) is 20.4 Å². The summed E-state index contributed by atoms with van der Waals surface area (Å²) in [6.07, 6.45) is 0. The Labute approximate surface area is 72.1 Å². The quantitative estimate of drug-likeness (QED) is 0.517. The summed E-state index contributed by atoms with van der Waals surface area (Å²) >= 11 is 0. The molecule has 66 valence electrons. The van der Waals surface area contributed by atoms with Crippen LogP contribution in [-0.4, -0.2) is 15.6 Å². The fourth-order valence-electron chi connectivity index (χ4n) is 1.02. The molecule has 0 bridgehead atoms. The molecule has 0 atom stereocenters. The predicted octanol–water partition coefficient (Wildman–Crippen LogP) is 0.606. The van der Waals surface area contributed by atoms with Gasteiger partial charge in [0.05, 0.1) is 23.8 Å². The van der Waals surface area contributed by atoms with Crippen molar-refractivity contribution in [3.8, 4) is 0 Å². The second kappa shape index (κ2) is 3.38. The lowest BCUT2D eigenvalue weighted by Crippen LogP contribution is -2.06. The van der Waals surface area contributed by atoms with E-state index in [0.29, 0.717) is 12.4 Å². The highest BCUT2D eigenvalue weighted by Crippen LogP contribution is 2.02. The minimum absolute atomic E-state index is 0.605. The van der Waals surface area contributed by atoms with E-state index in [1.807, 2.05) is 24.7 Å². The Morgan fingerprint density at radius 3 is 2.83 bits per heavy atom. The van der Waals surface area contributed by atoms with Gasteiger partial charge in [0.25, 0.3) is 0 Å². The van der Waals surface area contributed by atoms with E-state index in [9.17, 15) is 0 Å². The SMILES string of the molecule is CC(N)=NCc1cc(C)nn1C. The van der Waals surface area contributed by atoms with Crippen LogP contribution >= 0.6 is 0 Å². The van der Waals surface area contributed by atoms with Gasteiger partial charge in [-0.2, -0.15) is 5.10 Å². The highest BCUT2D eigenvalue weighted by atomic mass is 15.3. The number of rotatable bonds is 2.